The van der Waals surface area contributed by atoms with Crippen LogP contribution in [0.2, 0.25) is 0 Å². The highest BCUT2D eigenvalue weighted by atomic mass is 16.2. The Labute approximate surface area is 133 Å². The summed E-state index contributed by atoms with van der Waals surface area (Å²) in [5.41, 5.74) is 1.97. The van der Waals surface area contributed by atoms with Crippen LogP contribution in [0.25, 0.3) is 11.0 Å². The minimum absolute atomic E-state index is 0.0481. The molecule has 0 bridgehead atoms. The van der Waals surface area contributed by atoms with Crippen molar-refractivity contribution >= 4 is 16.9 Å². The molecule has 1 saturated heterocycles. The van der Waals surface area contributed by atoms with Crippen LogP contribution in [0.5, 0.6) is 0 Å². The lowest BCUT2D eigenvalue weighted by atomic mass is 10.1. The summed E-state index contributed by atoms with van der Waals surface area (Å²) in [6, 6.07) is 7.87. The average molecular weight is 307 g/mol. The molecule has 3 aromatic rings. The van der Waals surface area contributed by atoms with Crippen molar-refractivity contribution in [3.63, 3.8) is 0 Å². The highest BCUT2D eigenvalue weighted by Gasteiger charge is 2.26. The summed E-state index contributed by atoms with van der Waals surface area (Å²) in [5.74, 6) is -0.0481. The van der Waals surface area contributed by atoms with Crippen molar-refractivity contribution in [1.82, 2.24) is 24.4 Å². The molecule has 0 saturated carbocycles. The quantitative estimate of drug-likeness (QED) is 0.729. The molecule has 0 spiro atoms. The molecule has 116 valence electrons. The minimum Gasteiger partial charge on any atom is -0.335 e. The number of benzene rings is 1. The van der Waals surface area contributed by atoms with E-state index in [2.05, 4.69) is 19.5 Å². The first kappa shape index (κ1) is 13.9. The van der Waals surface area contributed by atoms with Crippen LogP contribution in [0.1, 0.15) is 29.4 Å². The van der Waals surface area contributed by atoms with Crippen LogP contribution in [0, 0.1) is 0 Å². The molecule has 3 heterocycles. The zero-order valence-corrected chi connectivity index (χ0v) is 12.7. The third-order valence-electron chi connectivity index (χ3n) is 4.30. The summed E-state index contributed by atoms with van der Waals surface area (Å²) in [6.07, 6.45) is 9.16. The Morgan fingerprint density at radius 3 is 2.91 bits per heavy atom. The summed E-state index contributed by atoms with van der Waals surface area (Å²) in [5, 5.41) is 0. The maximum Gasteiger partial charge on any atom is 0.274 e. The monoisotopic (exact) mass is 307 g/mol. The summed E-state index contributed by atoms with van der Waals surface area (Å²) < 4.78 is 2.07. The summed E-state index contributed by atoms with van der Waals surface area (Å²) >= 11 is 0. The Hall–Kier alpha value is -2.76. The van der Waals surface area contributed by atoms with Gasteiger partial charge in [-0.05, 0) is 25.0 Å². The lowest BCUT2D eigenvalue weighted by Gasteiger charge is -2.33. The van der Waals surface area contributed by atoms with Gasteiger partial charge in [-0.1, -0.05) is 12.1 Å². The van der Waals surface area contributed by atoms with E-state index in [1.165, 1.54) is 0 Å². The van der Waals surface area contributed by atoms with Gasteiger partial charge in [-0.15, -0.1) is 0 Å². The standard InChI is InChI=1S/C17H17N5O/c23-17(16-10-19-14-5-1-2-6-15(14)20-16)21-8-3-4-13(11-21)22-9-7-18-12-22/h1-2,5-7,9-10,12-13H,3-4,8,11H2. The number of amides is 1. The predicted octanol–water partition coefficient (Wildman–Crippen LogP) is 2.30. The molecular formula is C17H17N5O. The lowest BCUT2D eigenvalue weighted by Crippen LogP contribution is -2.40. The van der Waals surface area contributed by atoms with Crippen molar-refractivity contribution in [2.75, 3.05) is 13.1 Å². The maximum atomic E-state index is 12.8. The fourth-order valence-corrected chi connectivity index (χ4v) is 3.09. The van der Waals surface area contributed by atoms with Crippen molar-refractivity contribution in [3.05, 3.63) is 54.9 Å². The van der Waals surface area contributed by atoms with Gasteiger partial charge in [-0.25, -0.2) is 9.97 Å². The number of fused-ring (bicyclic) bond motifs is 1. The Kier molecular flexibility index (Phi) is 3.49. The average Bonchev–Trinajstić information content (AvgIpc) is 3.15. The van der Waals surface area contributed by atoms with Crippen molar-refractivity contribution < 1.29 is 4.79 Å². The second kappa shape index (κ2) is 5.79. The number of nitrogens with zero attached hydrogens (tertiary/aromatic N) is 5. The zero-order valence-electron chi connectivity index (χ0n) is 12.7. The number of likely N-dealkylation sites (tertiary alicyclic amines) is 1. The van der Waals surface area contributed by atoms with Crippen LogP contribution >= 0.6 is 0 Å². The third-order valence-corrected chi connectivity index (χ3v) is 4.30. The molecule has 6 heteroatoms. The number of carbonyl (C=O) groups excluding carboxylic acids is 1. The molecule has 1 atom stereocenters. The van der Waals surface area contributed by atoms with Crippen LogP contribution in [0.3, 0.4) is 0 Å². The molecule has 1 aliphatic rings. The molecule has 0 radical (unpaired) electrons. The van der Waals surface area contributed by atoms with Crippen LogP contribution in [0.15, 0.2) is 49.2 Å². The second-order valence-corrected chi connectivity index (χ2v) is 5.80. The Bertz CT molecular complexity index is 830. The van der Waals surface area contributed by atoms with E-state index in [1.54, 1.807) is 12.4 Å². The van der Waals surface area contributed by atoms with Crippen LogP contribution in [-0.2, 0) is 0 Å². The van der Waals surface area contributed by atoms with Crippen molar-refractivity contribution in [2.24, 2.45) is 0 Å². The molecule has 23 heavy (non-hydrogen) atoms. The predicted molar refractivity (Wildman–Crippen MR) is 85.9 cm³/mol. The van der Waals surface area contributed by atoms with Gasteiger partial charge < -0.3 is 9.47 Å². The molecule has 1 unspecified atom stereocenters. The van der Waals surface area contributed by atoms with Crippen LogP contribution < -0.4 is 0 Å². The fourth-order valence-electron chi connectivity index (χ4n) is 3.09. The van der Waals surface area contributed by atoms with E-state index in [4.69, 9.17) is 0 Å². The van der Waals surface area contributed by atoms with E-state index in [-0.39, 0.29) is 11.9 Å². The largest absolute Gasteiger partial charge is 0.335 e. The number of piperidine rings is 1. The number of rotatable bonds is 2. The first-order valence-corrected chi connectivity index (χ1v) is 7.80. The number of carbonyl (C=O) groups is 1. The molecule has 1 aliphatic heterocycles. The molecule has 0 N–H and O–H groups in total. The summed E-state index contributed by atoms with van der Waals surface area (Å²) in [7, 11) is 0. The molecule has 1 amide bonds. The minimum atomic E-state index is -0.0481. The van der Waals surface area contributed by atoms with Gasteiger partial charge in [0.2, 0.25) is 0 Å². The molecule has 4 rings (SSSR count). The van der Waals surface area contributed by atoms with Crippen molar-refractivity contribution in [2.45, 2.75) is 18.9 Å². The van der Waals surface area contributed by atoms with E-state index in [0.29, 0.717) is 12.2 Å². The van der Waals surface area contributed by atoms with Gasteiger partial charge in [0.1, 0.15) is 5.69 Å². The SMILES string of the molecule is O=C(c1cnc2ccccc2n1)N1CCCC(n2ccnc2)C1. The fraction of sp³-hybridized carbons (Fsp3) is 0.294. The first-order chi connectivity index (χ1) is 11.3. The van der Waals surface area contributed by atoms with Crippen LogP contribution in [-0.4, -0.2) is 43.4 Å². The van der Waals surface area contributed by atoms with Gasteiger partial charge in [0.05, 0.1) is 29.6 Å². The summed E-state index contributed by atoms with van der Waals surface area (Å²) in [4.78, 5) is 27.5. The van der Waals surface area contributed by atoms with Gasteiger partial charge in [0.25, 0.3) is 5.91 Å². The molecule has 0 aliphatic carbocycles. The number of hydrogen-bond donors (Lipinski definition) is 0. The maximum absolute atomic E-state index is 12.8. The van der Waals surface area contributed by atoms with Gasteiger partial charge in [0.15, 0.2) is 0 Å². The molecular weight excluding hydrogens is 290 g/mol. The topological polar surface area (TPSA) is 63.9 Å². The van der Waals surface area contributed by atoms with Gasteiger partial charge >= 0.3 is 0 Å². The summed E-state index contributed by atoms with van der Waals surface area (Å²) in [6.45, 7) is 1.45. The highest BCUT2D eigenvalue weighted by molar-refractivity contribution is 5.93. The van der Waals surface area contributed by atoms with Gasteiger partial charge in [0, 0.05) is 25.5 Å². The van der Waals surface area contributed by atoms with E-state index in [0.717, 1.165) is 30.4 Å². The molecule has 6 nitrogen and oxygen atoms in total. The van der Waals surface area contributed by atoms with Crippen LogP contribution in [0.4, 0.5) is 0 Å². The Morgan fingerprint density at radius 2 is 2.09 bits per heavy atom. The van der Waals surface area contributed by atoms with Gasteiger partial charge in [-0.2, -0.15) is 0 Å². The lowest BCUT2D eigenvalue weighted by molar-refractivity contribution is 0.0673. The number of hydrogen-bond acceptors (Lipinski definition) is 4. The normalized spacial score (nSPS) is 18.3. The molecule has 2 aromatic heterocycles. The van der Waals surface area contributed by atoms with E-state index in [9.17, 15) is 4.79 Å². The van der Waals surface area contributed by atoms with Crippen molar-refractivity contribution in [1.29, 1.82) is 0 Å². The molecule has 1 fully saturated rings. The van der Waals surface area contributed by atoms with Crippen molar-refractivity contribution in [3.8, 4) is 0 Å². The van der Waals surface area contributed by atoms with E-state index in [1.807, 2.05) is 41.7 Å². The highest BCUT2D eigenvalue weighted by Crippen LogP contribution is 2.22. The number of aromatic nitrogens is 4. The Morgan fingerprint density at radius 1 is 1.22 bits per heavy atom. The number of para-hydroxylation sites is 2. The molecule has 1 aromatic carbocycles. The van der Waals surface area contributed by atoms with E-state index < -0.39 is 0 Å². The first-order valence-electron chi connectivity index (χ1n) is 7.80. The second-order valence-electron chi connectivity index (χ2n) is 5.80. The zero-order chi connectivity index (χ0) is 15.6. The number of imidazole rings is 1. The smallest absolute Gasteiger partial charge is 0.274 e. The van der Waals surface area contributed by atoms with Gasteiger partial charge in [-0.3, -0.25) is 9.78 Å². The third kappa shape index (κ3) is 2.67. The Balaban J connectivity index is 1.57. The van der Waals surface area contributed by atoms with E-state index >= 15 is 0 Å².